The fourth-order valence-corrected chi connectivity index (χ4v) is 1.29. The average molecular weight is 232 g/mol. The van der Waals surface area contributed by atoms with Gasteiger partial charge in [-0.3, -0.25) is 4.79 Å². The molecule has 1 atom stereocenters. The van der Waals surface area contributed by atoms with E-state index in [1.807, 2.05) is 0 Å². The first kappa shape index (κ1) is 15.3. The minimum absolute atomic E-state index is 0.00343. The molecule has 5 nitrogen and oxygen atoms in total. The van der Waals surface area contributed by atoms with Crippen LogP contribution >= 0.6 is 0 Å². The zero-order chi connectivity index (χ0) is 12.2. The molecule has 3 N–H and O–H groups in total. The maximum Gasteiger partial charge on any atom is 0.221 e. The minimum atomic E-state index is -0.0283. The molecule has 0 aliphatic rings. The van der Waals surface area contributed by atoms with Crippen LogP contribution in [0.4, 0.5) is 0 Å². The smallest absolute Gasteiger partial charge is 0.221 e. The zero-order valence-electron chi connectivity index (χ0n) is 10.3. The van der Waals surface area contributed by atoms with Crippen LogP contribution in [0.3, 0.4) is 0 Å². The molecule has 0 bridgehead atoms. The summed E-state index contributed by atoms with van der Waals surface area (Å²) in [6.45, 7) is 4.23. The third-order valence-electron chi connectivity index (χ3n) is 2.11. The number of methoxy groups -OCH3 is 1. The fraction of sp³-hybridized carbons (Fsp3) is 0.909. The molecule has 0 aromatic rings. The second kappa shape index (κ2) is 10.9. The highest BCUT2D eigenvalue weighted by Crippen LogP contribution is 1.97. The van der Waals surface area contributed by atoms with Gasteiger partial charge >= 0.3 is 0 Å². The molecule has 0 fully saturated rings. The van der Waals surface area contributed by atoms with Crippen molar-refractivity contribution in [1.29, 1.82) is 0 Å². The molecule has 0 aliphatic carbocycles. The van der Waals surface area contributed by atoms with Gasteiger partial charge in [0.2, 0.25) is 5.91 Å². The van der Waals surface area contributed by atoms with Crippen LogP contribution in [0.1, 0.15) is 26.2 Å². The van der Waals surface area contributed by atoms with Gasteiger partial charge in [-0.05, 0) is 6.42 Å². The molecule has 0 saturated carbocycles. The number of carbonyl (C=O) groups is 1. The Hall–Kier alpha value is -0.650. The summed E-state index contributed by atoms with van der Waals surface area (Å²) >= 11 is 0. The van der Waals surface area contributed by atoms with Gasteiger partial charge in [0.05, 0.1) is 19.8 Å². The van der Waals surface area contributed by atoms with Crippen molar-refractivity contribution in [3.05, 3.63) is 0 Å². The first-order chi connectivity index (χ1) is 7.70. The lowest BCUT2D eigenvalue weighted by molar-refractivity contribution is -0.121. The maximum atomic E-state index is 11.3. The third kappa shape index (κ3) is 9.89. The van der Waals surface area contributed by atoms with Crippen LogP contribution < -0.4 is 11.1 Å². The van der Waals surface area contributed by atoms with E-state index in [1.165, 1.54) is 0 Å². The molecule has 1 unspecified atom stereocenters. The van der Waals surface area contributed by atoms with E-state index in [4.69, 9.17) is 15.2 Å². The summed E-state index contributed by atoms with van der Waals surface area (Å²) in [5.74, 6) is -0.00343. The normalized spacial score (nSPS) is 12.4. The zero-order valence-corrected chi connectivity index (χ0v) is 10.3. The van der Waals surface area contributed by atoms with E-state index in [9.17, 15) is 4.79 Å². The SMILES string of the molecule is CCCC(N)CC(=O)NCCOCCOC. The number of amides is 1. The van der Waals surface area contributed by atoms with E-state index < -0.39 is 0 Å². The van der Waals surface area contributed by atoms with Crippen molar-refractivity contribution < 1.29 is 14.3 Å². The molecule has 1 amide bonds. The van der Waals surface area contributed by atoms with E-state index in [-0.39, 0.29) is 11.9 Å². The van der Waals surface area contributed by atoms with Crippen molar-refractivity contribution in [1.82, 2.24) is 5.32 Å². The molecule has 0 heterocycles. The molecular formula is C11H24N2O3. The van der Waals surface area contributed by atoms with E-state index >= 15 is 0 Å². The Labute approximate surface area is 97.7 Å². The van der Waals surface area contributed by atoms with Crippen molar-refractivity contribution >= 4 is 5.91 Å². The summed E-state index contributed by atoms with van der Waals surface area (Å²) in [6, 6.07) is -0.0283. The van der Waals surface area contributed by atoms with Crippen molar-refractivity contribution in [3.63, 3.8) is 0 Å². The summed E-state index contributed by atoms with van der Waals surface area (Å²) in [7, 11) is 1.63. The first-order valence-corrected chi connectivity index (χ1v) is 5.79. The molecule has 96 valence electrons. The van der Waals surface area contributed by atoms with Gasteiger partial charge in [0.15, 0.2) is 0 Å². The van der Waals surface area contributed by atoms with Crippen molar-refractivity contribution in [2.24, 2.45) is 5.73 Å². The van der Waals surface area contributed by atoms with E-state index in [0.29, 0.717) is 32.8 Å². The third-order valence-corrected chi connectivity index (χ3v) is 2.11. The number of rotatable bonds is 10. The maximum absolute atomic E-state index is 11.3. The van der Waals surface area contributed by atoms with Crippen molar-refractivity contribution in [3.8, 4) is 0 Å². The summed E-state index contributed by atoms with van der Waals surface area (Å²) in [4.78, 5) is 11.3. The van der Waals surface area contributed by atoms with E-state index in [2.05, 4.69) is 12.2 Å². The van der Waals surface area contributed by atoms with Gasteiger partial charge in [0.25, 0.3) is 0 Å². The molecule has 0 rings (SSSR count). The van der Waals surface area contributed by atoms with Gasteiger partial charge in [0.1, 0.15) is 0 Å². The molecule has 0 aromatic carbocycles. The van der Waals surface area contributed by atoms with Crippen LogP contribution in [0.15, 0.2) is 0 Å². The largest absolute Gasteiger partial charge is 0.382 e. The van der Waals surface area contributed by atoms with Gasteiger partial charge in [-0.1, -0.05) is 13.3 Å². The molecule has 0 spiro atoms. The lowest BCUT2D eigenvalue weighted by atomic mass is 10.1. The monoisotopic (exact) mass is 232 g/mol. The van der Waals surface area contributed by atoms with Crippen LogP contribution in [0.2, 0.25) is 0 Å². The van der Waals surface area contributed by atoms with Crippen LogP contribution in [-0.2, 0) is 14.3 Å². The summed E-state index contributed by atoms with van der Waals surface area (Å²) < 4.78 is 10.0. The quantitative estimate of drug-likeness (QED) is 0.531. The van der Waals surface area contributed by atoms with Crippen LogP contribution in [0.25, 0.3) is 0 Å². The predicted octanol–water partition coefficient (Wildman–Crippen LogP) is 0.283. The van der Waals surface area contributed by atoms with Gasteiger partial charge in [-0.25, -0.2) is 0 Å². The highest BCUT2D eigenvalue weighted by atomic mass is 16.5. The Balaban J connectivity index is 3.30. The Morgan fingerprint density at radius 2 is 2.12 bits per heavy atom. The van der Waals surface area contributed by atoms with Crippen molar-refractivity contribution in [2.45, 2.75) is 32.2 Å². The number of carbonyl (C=O) groups excluding carboxylic acids is 1. The lowest BCUT2D eigenvalue weighted by Crippen LogP contribution is -2.33. The summed E-state index contributed by atoms with van der Waals surface area (Å²) in [6.07, 6.45) is 2.29. The number of hydrogen-bond acceptors (Lipinski definition) is 4. The van der Waals surface area contributed by atoms with Gasteiger partial charge in [-0.15, -0.1) is 0 Å². The number of nitrogens with one attached hydrogen (secondary N) is 1. The van der Waals surface area contributed by atoms with Crippen LogP contribution in [0.5, 0.6) is 0 Å². The Morgan fingerprint density at radius 1 is 1.38 bits per heavy atom. The number of nitrogens with two attached hydrogens (primary N) is 1. The Morgan fingerprint density at radius 3 is 2.75 bits per heavy atom. The second-order valence-corrected chi connectivity index (χ2v) is 3.71. The molecule has 0 aliphatic heterocycles. The van der Waals surface area contributed by atoms with Gasteiger partial charge in [-0.2, -0.15) is 0 Å². The molecule has 5 heteroatoms. The fourth-order valence-electron chi connectivity index (χ4n) is 1.29. The molecule has 0 saturated heterocycles. The van der Waals surface area contributed by atoms with Gasteiger partial charge in [0, 0.05) is 26.1 Å². The molecule has 0 aromatic heterocycles. The predicted molar refractivity (Wildman–Crippen MR) is 63.2 cm³/mol. The highest BCUT2D eigenvalue weighted by Gasteiger charge is 2.07. The number of ether oxygens (including phenoxy) is 2. The Kier molecular flexibility index (Phi) is 10.4. The summed E-state index contributed by atoms with van der Waals surface area (Å²) in [5, 5.41) is 2.76. The number of hydrogen-bond donors (Lipinski definition) is 2. The molecule has 0 radical (unpaired) electrons. The van der Waals surface area contributed by atoms with Crippen molar-refractivity contribution in [2.75, 3.05) is 33.5 Å². The average Bonchev–Trinajstić information content (AvgIpc) is 2.23. The standard InChI is InChI=1S/C11H24N2O3/c1-3-4-10(12)9-11(14)13-5-6-16-8-7-15-2/h10H,3-9,12H2,1-2H3,(H,13,14). The summed E-state index contributed by atoms with van der Waals surface area (Å²) in [5.41, 5.74) is 5.75. The van der Waals surface area contributed by atoms with E-state index in [1.54, 1.807) is 7.11 Å². The Bertz CT molecular complexity index is 177. The topological polar surface area (TPSA) is 73.6 Å². The molecule has 16 heavy (non-hydrogen) atoms. The van der Waals surface area contributed by atoms with Gasteiger partial charge < -0.3 is 20.5 Å². The molecular weight excluding hydrogens is 208 g/mol. The minimum Gasteiger partial charge on any atom is -0.382 e. The second-order valence-electron chi connectivity index (χ2n) is 3.71. The first-order valence-electron chi connectivity index (χ1n) is 5.79. The van der Waals surface area contributed by atoms with E-state index in [0.717, 1.165) is 12.8 Å². The van der Waals surface area contributed by atoms with Crippen LogP contribution in [-0.4, -0.2) is 45.4 Å². The lowest BCUT2D eigenvalue weighted by Gasteiger charge is -2.10. The highest BCUT2D eigenvalue weighted by molar-refractivity contribution is 5.76. The van der Waals surface area contributed by atoms with Crippen LogP contribution in [0, 0.1) is 0 Å².